The monoisotopic (exact) mass is 311 g/mol. The molecule has 0 saturated heterocycles. The van der Waals surface area contributed by atoms with Crippen LogP contribution in [-0.4, -0.2) is 10.1 Å². The number of rotatable bonds is 4. The highest BCUT2D eigenvalue weighted by atomic mass is 35.5. The Balaban J connectivity index is 2.02. The summed E-state index contributed by atoms with van der Waals surface area (Å²) in [5, 5.41) is 4.69. The summed E-state index contributed by atoms with van der Waals surface area (Å²) < 4.78 is 5.24. The van der Waals surface area contributed by atoms with Gasteiger partial charge in [0.2, 0.25) is 5.89 Å². The van der Waals surface area contributed by atoms with Crippen LogP contribution in [0.15, 0.2) is 33.7 Å². The van der Waals surface area contributed by atoms with Gasteiger partial charge in [-0.3, -0.25) is 0 Å². The van der Waals surface area contributed by atoms with Crippen molar-refractivity contribution in [3.8, 4) is 0 Å². The first-order valence-electron chi connectivity index (χ1n) is 6.33. The Labute approximate surface area is 128 Å². The van der Waals surface area contributed by atoms with Gasteiger partial charge in [0, 0.05) is 4.90 Å². The second-order valence-corrected chi connectivity index (χ2v) is 7.04. The summed E-state index contributed by atoms with van der Waals surface area (Å²) in [6, 6.07) is 7.41. The predicted octanol–water partition coefficient (Wildman–Crippen LogP) is 4.06. The fourth-order valence-corrected chi connectivity index (χ4v) is 2.61. The standard InChI is InChI=1S/C14H18ClN3OS/c1-14(2,3)12(16)13-17-11(18-19-13)8-20-10-7-5-4-6-9(10)15/h4-7,12H,8,16H2,1-3H3. The van der Waals surface area contributed by atoms with Crippen molar-refractivity contribution >= 4 is 23.4 Å². The van der Waals surface area contributed by atoms with Gasteiger partial charge < -0.3 is 10.3 Å². The molecule has 0 spiro atoms. The lowest BCUT2D eigenvalue weighted by atomic mass is 9.87. The second kappa shape index (κ2) is 6.16. The Morgan fingerprint density at radius 3 is 2.70 bits per heavy atom. The first-order chi connectivity index (χ1) is 9.38. The molecule has 0 aliphatic rings. The van der Waals surface area contributed by atoms with Gasteiger partial charge in [0.15, 0.2) is 5.82 Å². The first-order valence-corrected chi connectivity index (χ1v) is 7.69. The van der Waals surface area contributed by atoms with Crippen LogP contribution in [0.1, 0.15) is 38.5 Å². The highest BCUT2D eigenvalue weighted by molar-refractivity contribution is 7.98. The summed E-state index contributed by atoms with van der Waals surface area (Å²) in [6.07, 6.45) is 0. The maximum atomic E-state index is 6.10. The molecule has 1 aromatic carbocycles. The summed E-state index contributed by atoms with van der Waals surface area (Å²) >= 11 is 7.68. The average molecular weight is 312 g/mol. The van der Waals surface area contributed by atoms with Gasteiger partial charge in [-0.05, 0) is 17.5 Å². The molecule has 1 unspecified atom stereocenters. The van der Waals surface area contributed by atoms with E-state index in [9.17, 15) is 0 Å². The lowest BCUT2D eigenvalue weighted by Gasteiger charge is -2.23. The predicted molar refractivity (Wildman–Crippen MR) is 81.7 cm³/mol. The van der Waals surface area contributed by atoms with Crippen molar-refractivity contribution < 1.29 is 4.52 Å². The molecule has 1 atom stereocenters. The van der Waals surface area contributed by atoms with Crippen LogP contribution in [0.25, 0.3) is 0 Å². The van der Waals surface area contributed by atoms with E-state index in [0.717, 1.165) is 9.92 Å². The van der Waals surface area contributed by atoms with Crippen molar-refractivity contribution in [2.45, 2.75) is 37.5 Å². The molecule has 1 heterocycles. The zero-order valence-corrected chi connectivity index (χ0v) is 13.3. The number of aromatic nitrogens is 2. The number of benzene rings is 1. The molecule has 4 nitrogen and oxygen atoms in total. The zero-order chi connectivity index (χ0) is 14.8. The number of nitrogens with two attached hydrogens (primary N) is 1. The van der Waals surface area contributed by atoms with Crippen LogP contribution < -0.4 is 5.73 Å². The molecule has 2 N–H and O–H groups in total. The van der Waals surface area contributed by atoms with Crippen LogP contribution in [-0.2, 0) is 5.75 Å². The highest BCUT2D eigenvalue weighted by Crippen LogP contribution is 2.31. The molecule has 6 heteroatoms. The lowest BCUT2D eigenvalue weighted by molar-refractivity contribution is 0.252. The largest absolute Gasteiger partial charge is 0.338 e. The molecular formula is C14H18ClN3OS. The van der Waals surface area contributed by atoms with E-state index in [1.54, 1.807) is 11.8 Å². The van der Waals surface area contributed by atoms with Crippen LogP contribution in [0.2, 0.25) is 5.02 Å². The van der Waals surface area contributed by atoms with Gasteiger partial charge in [0.25, 0.3) is 0 Å². The minimum Gasteiger partial charge on any atom is -0.338 e. The van der Waals surface area contributed by atoms with Gasteiger partial charge in [-0.2, -0.15) is 4.98 Å². The Kier molecular flexibility index (Phi) is 4.73. The summed E-state index contributed by atoms with van der Waals surface area (Å²) in [4.78, 5) is 5.36. The van der Waals surface area contributed by atoms with E-state index in [1.807, 2.05) is 45.0 Å². The van der Waals surface area contributed by atoms with Gasteiger partial charge in [0.1, 0.15) is 0 Å². The van der Waals surface area contributed by atoms with Crippen LogP contribution >= 0.6 is 23.4 Å². The van der Waals surface area contributed by atoms with Gasteiger partial charge >= 0.3 is 0 Å². The first kappa shape index (κ1) is 15.4. The topological polar surface area (TPSA) is 64.9 Å². The number of hydrogen-bond donors (Lipinski definition) is 1. The van der Waals surface area contributed by atoms with Crippen molar-refractivity contribution in [1.29, 1.82) is 0 Å². The van der Waals surface area contributed by atoms with E-state index >= 15 is 0 Å². The van der Waals surface area contributed by atoms with Crippen molar-refractivity contribution in [1.82, 2.24) is 10.1 Å². The van der Waals surface area contributed by atoms with Crippen molar-refractivity contribution in [3.63, 3.8) is 0 Å². The molecule has 20 heavy (non-hydrogen) atoms. The van der Waals surface area contributed by atoms with Crippen LogP contribution in [0.3, 0.4) is 0 Å². The van der Waals surface area contributed by atoms with Gasteiger partial charge in [0.05, 0.1) is 16.8 Å². The van der Waals surface area contributed by atoms with Crippen molar-refractivity contribution in [2.24, 2.45) is 11.1 Å². The number of halogens is 1. The molecule has 0 saturated carbocycles. The molecule has 0 aliphatic heterocycles. The zero-order valence-electron chi connectivity index (χ0n) is 11.8. The minimum atomic E-state index is -0.269. The molecule has 2 rings (SSSR count). The van der Waals surface area contributed by atoms with Crippen molar-refractivity contribution in [3.05, 3.63) is 41.0 Å². The number of hydrogen-bond acceptors (Lipinski definition) is 5. The Hall–Kier alpha value is -1.04. The molecule has 1 aromatic heterocycles. The lowest BCUT2D eigenvalue weighted by Crippen LogP contribution is -2.26. The molecular weight excluding hydrogens is 294 g/mol. The van der Waals surface area contributed by atoms with Crippen molar-refractivity contribution in [2.75, 3.05) is 0 Å². The van der Waals surface area contributed by atoms with E-state index in [0.29, 0.717) is 17.5 Å². The maximum absolute atomic E-state index is 6.10. The SMILES string of the molecule is CC(C)(C)C(N)c1nc(CSc2ccccc2Cl)no1. The minimum absolute atomic E-state index is 0.111. The third-order valence-corrected chi connectivity index (χ3v) is 4.39. The van der Waals surface area contributed by atoms with Crippen LogP contribution in [0.4, 0.5) is 0 Å². The second-order valence-electron chi connectivity index (χ2n) is 5.61. The molecule has 0 radical (unpaired) electrons. The molecule has 0 amide bonds. The van der Waals surface area contributed by atoms with E-state index in [1.165, 1.54) is 0 Å². The highest BCUT2D eigenvalue weighted by Gasteiger charge is 2.27. The van der Waals surface area contributed by atoms with Crippen LogP contribution in [0, 0.1) is 5.41 Å². The fraction of sp³-hybridized carbons (Fsp3) is 0.429. The smallest absolute Gasteiger partial charge is 0.244 e. The summed E-state index contributed by atoms with van der Waals surface area (Å²) in [5.41, 5.74) is 5.98. The van der Waals surface area contributed by atoms with Gasteiger partial charge in [-0.1, -0.05) is 49.7 Å². The van der Waals surface area contributed by atoms with E-state index in [2.05, 4.69) is 10.1 Å². The average Bonchev–Trinajstić information content (AvgIpc) is 2.84. The molecule has 108 valence electrons. The fourth-order valence-electron chi connectivity index (χ4n) is 1.53. The van der Waals surface area contributed by atoms with E-state index < -0.39 is 0 Å². The third-order valence-electron chi connectivity index (χ3n) is 2.88. The maximum Gasteiger partial charge on any atom is 0.244 e. The number of thioether (sulfide) groups is 1. The normalized spacial score (nSPS) is 13.4. The number of nitrogens with zero attached hydrogens (tertiary/aromatic N) is 2. The molecule has 0 bridgehead atoms. The summed E-state index contributed by atoms with van der Waals surface area (Å²) in [6.45, 7) is 6.13. The summed E-state index contributed by atoms with van der Waals surface area (Å²) in [7, 11) is 0. The molecule has 0 fully saturated rings. The van der Waals surface area contributed by atoms with Gasteiger partial charge in [-0.15, -0.1) is 11.8 Å². The van der Waals surface area contributed by atoms with Gasteiger partial charge in [-0.25, -0.2) is 0 Å². The summed E-state index contributed by atoms with van der Waals surface area (Å²) in [5.74, 6) is 1.71. The Morgan fingerprint density at radius 2 is 2.05 bits per heavy atom. The van der Waals surface area contributed by atoms with Crippen LogP contribution in [0.5, 0.6) is 0 Å². The quantitative estimate of drug-likeness (QED) is 0.862. The Morgan fingerprint density at radius 1 is 1.35 bits per heavy atom. The van der Waals surface area contributed by atoms with E-state index in [-0.39, 0.29) is 11.5 Å². The molecule has 0 aliphatic carbocycles. The molecule has 2 aromatic rings. The third kappa shape index (κ3) is 3.75. The van der Waals surface area contributed by atoms with E-state index in [4.69, 9.17) is 21.9 Å². The Bertz CT molecular complexity index is 580.